The fraction of sp³-hybridized carbons (Fsp3) is 0.357. The Balaban J connectivity index is 1.77. The van der Waals surface area contributed by atoms with Crippen LogP contribution in [0.5, 0.6) is 0 Å². The molecular formula is C28H29F3N2O2. The predicted molar refractivity (Wildman–Crippen MR) is 130 cm³/mol. The number of anilines is 1. The molecular weight excluding hydrogens is 453 g/mol. The molecule has 0 saturated heterocycles. The van der Waals surface area contributed by atoms with E-state index in [2.05, 4.69) is 10.6 Å². The molecule has 0 saturated carbocycles. The Kier molecular flexibility index (Phi) is 6.38. The third-order valence-electron chi connectivity index (χ3n) is 6.65. The monoisotopic (exact) mass is 482 g/mol. The number of halogens is 3. The van der Waals surface area contributed by atoms with E-state index in [9.17, 15) is 22.8 Å². The van der Waals surface area contributed by atoms with Gasteiger partial charge in [-0.3, -0.25) is 9.59 Å². The quantitative estimate of drug-likeness (QED) is 0.522. The standard InChI is InChI=1S/C28H29F3N2O2/c1-5-17-9-11-18(12-10-17)24-23(16(2)32-21-14-27(3,4)15-22(34)25(21)24)26(35)33-20-8-6-7-19(13-20)28(29,30)31/h6-13,24,32H,5,14-15H2,1-4H3,(H,33,35)/t24-/m1/s1. The number of allylic oxidation sites excluding steroid dienone is 3. The Hall–Kier alpha value is -3.35. The summed E-state index contributed by atoms with van der Waals surface area (Å²) in [5.74, 6) is -1.17. The SMILES string of the molecule is CCc1ccc([C@@H]2C(C(=O)Nc3cccc(C(F)(F)F)c3)=C(C)NC3=C2C(=O)CC(C)(C)C3)cc1. The molecule has 0 radical (unpaired) electrons. The first-order chi connectivity index (χ1) is 16.4. The van der Waals surface area contributed by atoms with Gasteiger partial charge in [-0.05, 0) is 54.5 Å². The summed E-state index contributed by atoms with van der Waals surface area (Å²) in [6.07, 6.45) is -2.64. The molecule has 2 aromatic carbocycles. The van der Waals surface area contributed by atoms with Crippen molar-refractivity contribution in [3.63, 3.8) is 0 Å². The molecule has 0 unspecified atom stereocenters. The van der Waals surface area contributed by atoms with Crippen LogP contribution >= 0.6 is 0 Å². The number of ketones is 1. The minimum Gasteiger partial charge on any atom is -0.362 e. The summed E-state index contributed by atoms with van der Waals surface area (Å²) in [4.78, 5) is 26.9. The van der Waals surface area contributed by atoms with Crippen molar-refractivity contribution in [2.75, 3.05) is 5.32 Å². The molecule has 1 heterocycles. The van der Waals surface area contributed by atoms with Gasteiger partial charge in [0.15, 0.2) is 5.78 Å². The first-order valence-electron chi connectivity index (χ1n) is 11.7. The Morgan fingerprint density at radius 3 is 2.43 bits per heavy atom. The number of carbonyl (C=O) groups excluding carboxylic acids is 2. The van der Waals surface area contributed by atoms with Crippen molar-refractivity contribution in [2.24, 2.45) is 5.41 Å². The van der Waals surface area contributed by atoms with E-state index in [-0.39, 0.29) is 16.9 Å². The predicted octanol–water partition coefficient (Wildman–Crippen LogP) is 6.51. The van der Waals surface area contributed by atoms with Gasteiger partial charge < -0.3 is 10.6 Å². The fourth-order valence-electron chi connectivity index (χ4n) is 4.99. The van der Waals surface area contributed by atoms with Gasteiger partial charge >= 0.3 is 6.18 Å². The van der Waals surface area contributed by atoms with Gasteiger partial charge in [-0.1, -0.05) is 51.1 Å². The first kappa shape index (κ1) is 24.8. The summed E-state index contributed by atoms with van der Waals surface area (Å²) in [5, 5.41) is 5.91. The Morgan fingerprint density at radius 2 is 1.80 bits per heavy atom. The third-order valence-corrected chi connectivity index (χ3v) is 6.65. The molecule has 35 heavy (non-hydrogen) atoms. The second-order valence-corrected chi connectivity index (χ2v) is 10.1. The lowest BCUT2D eigenvalue weighted by atomic mass is 9.68. The van der Waals surface area contributed by atoms with E-state index in [0.29, 0.717) is 29.7 Å². The van der Waals surface area contributed by atoms with Gasteiger partial charge in [0, 0.05) is 40.6 Å². The van der Waals surface area contributed by atoms with Gasteiger partial charge in [-0.25, -0.2) is 0 Å². The highest BCUT2D eigenvalue weighted by molar-refractivity contribution is 6.10. The van der Waals surface area contributed by atoms with Crippen LogP contribution in [0.2, 0.25) is 0 Å². The highest BCUT2D eigenvalue weighted by Crippen LogP contribution is 2.46. The van der Waals surface area contributed by atoms with Gasteiger partial charge in [0.2, 0.25) is 0 Å². The number of hydrogen-bond donors (Lipinski definition) is 2. The number of rotatable bonds is 4. The minimum absolute atomic E-state index is 0.0230. The molecule has 2 aliphatic rings. The van der Waals surface area contributed by atoms with Crippen LogP contribution in [0.3, 0.4) is 0 Å². The summed E-state index contributed by atoms with van der Waals surface area (Å²) in [6.45, 7) is 7.89. The molecule has 0 spiro atoms. The molecule has 1 aliphatic carbocycles. The van der Waals surface area contributed by atoms with Crippen molar-refractivity contribution in [3.8, 4) is 0 Å². The van der Waals surface area contributed by atoms with E-state index in [0.717, 1.165) is 35.4 Å². The van der Waals surface area contributed by atoms with Crippen LogP contribution in [0.15, 0.2) is 71.1 Å². The highest BCUT2D eigenvalue weighted by Gasteiger charge is 2.42. The highest BCUT2D eigenvalue weighted by atomic mass is 19.4. The van der Waals surface area contributed by atoms with Crippen LogP contribution in [0, 0.1) is 5.41 Å². The lowest BCUT2D eigenvalue weighted by Crippen LogP contribution is -2.39. The van der Waals surface area contributed by atoms with Crippen molar-refractivity contribution >= 4 is 17.4 Å². The molecule has 1 aliphatic heterocycles. The maximum atomic E-state index is 13.5. The number of dihydropyridines is 1. The fourth-order valence-corrected chi connectivity index (χ4v) is 4.99. The topological polar surface area (TPSA) is 58.2 Å². The molecule has 4 rings (SSSR count). The number of aryl methyl sites for hydroxylation is 1. The summed E-state index contributed by atoms with van der Waals surface area (Å²) in [7, 11) is 0. The average Bonchev–Trinajstić information content (AvgIpc) is 2.77. The van der Waals surface area contributed by atoms with Crippen molar-refractivity contribution in [1.29, 1.82) is 0 Å². The van der Waals surface area contributed by atoms with E-state index in [1.54, 1.807) is 6.92 Å². The lowest BCUT2D eigenvalue weighted by Gasteiger charge is -2.39. The van der Waals surface area contributed by atoms with E-state index in [1.807, 2.05) is 45.0 Å². The molecule has 1 atom stereocenters. The average molecular weight is 483 g/mol. The smallest absolute Gasteiger partial charge is 0.362 e. The molecule has 7 heteroatoms. The molecule has 184 valence electrons. The lowest BCUT2D eigenvalue weighted by molar-refractivity contribution is -0.137. The molecule has 1 amide bonds. The number of benzene rings is 2. The second-order valence-electron chi connectivity index (χ2n) is 10.1. The van der Waals surface area contributed by atoms with Gasteiger partial charge in [0.1, 0.15) is 0 Å². The zero-order valence-corrected chi connectivity index (χ0v) is 20.3. The van der Waals surface area contributed by atoms with Crippen molar-refractivity contribution in [1.82, 2.24) is 5.32 Å². The van der Waals surface area contributed by atoms with Crippen molar-refractivity contribution in [2.45, 2.75) is 59.1 Å². The van der Waals surface area contributed by atoms with Crippen LogP contribution in [0.25, 0.3) is 0 Å². The Morgan fingerprint density at radius 1 is 1.11 bits per heavy atom. The van der Waals surface area contributed by atoms with Gasteiger partial charge in [-0.15, -0.1) is 0 Å². The summed E-state index contributed by atoms with van der Waals surface area (Å²) < 4.78 is 39.5. The summed E-state index contributed by atoms with van der Waals surface area (Å²) >= 11 is 0. The zero-order chi connectivity index (χ0) is 25.5. The molecule has 0 bridgehead atoms. The Labute approximate surface area is 203 Å². The number of hydrogen-bond acceptors (Lipinski definition) is 3. The third kappa shape index (κ3) is 5.04. The zero-order valence-electron chi connectivity index (χ0n) is 20.3. The maximum Gasteiger partial charge on any atom is 0.416 e. The van der Waals surface area contributed by atoms with E-state index in [1.165, 1.54) is 12.1 Å². The number of nitrogens with one attached hydrogen (secondary N) is 2. The Bertz CT molecular complexity index is 1240. The number of Topliss-reactive ketones (excluding diaryl/α,β-unsaturated/α-hetero) is 1. The minimum atomic E-state index is -4.52. The number of amides is 1. The molecule has 2 N–H and O–H groups in total. The van der Waals surface area contributed by atoms with Crippen molar-refractivity contribution < 1.29 is 22.8 Å². The largest absolute Gasteiger partial charge is 0.416 e. The summed E-state index contributed by atoms with van der Waals surface area (Å²) in [5.41, 5.74) is 3.21. The van der Waals surface area contributed by atoms with Gasteiger partial charge in [0.25, 0.3) is 5.91 Å². The number of alkyl halides is 3. The van der Waals surface area contributed by atoms with Gasteiger partial charge in [-0.2, -0.15) is 13.2 Å². The summed E-state index contributed by atoms with van der Waals surface area (Å²) in [6, 6.07) is 12.4. The van der Waals surface area contributed by atoms with E-state index >= 15 is 0 Å². The molecule has 0 aromatic heterocycles. The van der Waals surface area contributed by atoms with Crippen LogP contribution in [-0.4, -0.2) is 11.7 Å². The number of carbonyl (C=O) groups is 2. The van der Waals surface area contributed by atoms with Crippen LogP contribution in [0.1, 0.15) is 63.1 Å². The van der Waals surface area contributed by atoms with Crippen LogP contribution < -0.4 is 10.6 Å². The van der Waals surface area contributed by atoms with E-state index in [4.69, 9.17) is 0 Å². The van der Waals surface area contributed by atoms with Crippen LogP contribution in [-0.2, 0) is 22.2 Å². The first-order valence-corrected chi connectivity index (χ1v) is 11.7. The molecule has 2 aromatic rings. The van der Waals surface area contributed by atoms with Crippen LogP contribution in [0.4, 0.5) is 18.9 Å². The van der Waals surface area contributed by atoms with Gasteiger partial charge in [0.05, 0.1) is 5.56 Å². The second kappa shape index (κ2) is 9.02. The van der Waals surface area contributed by atoms with E-state index < -0.39 is 23.6 Å². The maximum absolute atomic E-state index is 13.5. The normalized spacial score (nSPS) is 19.9. The van der Waals surface area contributed by atoms with Crippen molar-refractivity contribution in [3.05, 3.63) is 87.8 Å². The molecule has 4 nitrogen and oxygen atoms in total. The molecule has 0 fully saturated rings.